The summed E-state index contributed by atoms with van der Waals surface area (Å²) >= 11 is 1.82. The Balaban J connectivity index is 0.00000144. The maximum Gasteiger partial charge on any atom is 0.191 e. The van der Waals surface area contributed by atoms with E-state index in [-0.39, 0.29) is 24.0 Å². The van der Waals surface area contributed by atoms with Crippen LogP contribution in [0.4, 0.5) is 0 Å². The van der Waals surface area contributed by atoms with Crippen LogP contribution in [-0.4, -0.2) is 48.3 Å². The van der Waals surface area contributed by atoms with E-state index in [4.69, 9.17) is 0 Å². The molecule has 0 aromatic rings. The molecule has 1 atom stereocenters. The van der Waals surface area contributed by atoms with Crippen molar-refractivity contribution in [3.63, 3.8) is 0 Å². The largest absolute Gasteiger partial charge is 0.387 e. The Labute approximate surface area is 124 Å². The van der Waals surface area contributed by atoms with Crippen molar-refractivity contribution in [3.8, 4) is 0 Å². The molecule has 0 aromatic carbocycles. The summed E-state index contributed by atoms with van der Waals surface area (Å²) in [5, 5.41) is 16.7. The first-order valence-corrected chi connectivity index (χ1v) is 7.12. The molecular formula is C11H22IN3OS. The molecule has 1 heterocycles. The summed E-state index contributed by atoms with van der Waals surface area (Å²) in [4.78, 5) is 4.16. The summed E-state index contributed by atoms with van der Waals surface area (Å²) in [6, 6.07) is 0. The smallest absolute Gasteiger partial charge is 0.191 e. The topological polar surface area (TPSA) is 56.7 Å². The quantitative estimate of drug-likeness (QED) is 0.393. The molecular weight excluding hydrogens is 349 g/mol. The highest BCUT2D eigenvalue weighted by Crippen LogP contribution is 2.28. The molecule has 2 fully saturated rings. The molecule has 1 aliphatic carbocycles. The van der Waals surface area contributed by atoms with Crippen LogP contribution in [0.3, 0.4) is 0 Å². The zero-order valence-corrected chi connectivity index (χ0v) is 13.4. The molecule has 17 heavy (non-hydrogen) atoms. The van der Waals surface area contributed by atoms with Crippen molar-refractivity contribution in [1.29, 1.82) is 0 Å². The highest BCUT2D eigenvalue weighted by molar-refractivity contribution is 14.0. The van der Waals surface area contributed by atoms with Crippen LogP contribution in [0.5, 0.6) is 0 Å². The molecule has 0 spiro atoms. The third-order valence-corrected chi connectivity index (χ3v) is 4.38. The molecule has 4 nitrogen and oxygen atoms in total. The fourth-order valence-corrected chi connectivity index (χ4v) is 3.06. The normalized spacial score (nSPS) is 28.7. The van der Waals surface area contributed by atoms with E-state index in [1.54, 1.807) is 7.05 Å². The van der Waals surface area contributed by atoms with E-state index in [1.165, 1.54) is 12.8 Å². The minimum Gasteiger partial charge on any atom is -0.387 e. The number of rotatable bonds is 4. The first-order chi connectivity index (χ1) is 7.72. The van der Waals surface area contributed by atoms with Crippen LogP contribution < -0.4 is 10.6 Å². The summed E-state index contributed by atoms with van der Waals surface area (Å²) in [5.74, 6) is 3.55. The Bertz CT molecular complexity index is 265. The molecule has 2 aliphatic rings. The van der Waals surface area contributed by atoms with Crippen LogP contribution in [-0.2, 0) is 0 Å². The second-order valence-electron chi connectivity index (χ2n) is 4.78. The number of aliphatic imine (C=N–C) groups is 1. The van der Waals surface area contributed by atoms with Crippen LogP contribution >= 0.6 is 35.7 Å². The molecule has 0 aromatic heterocycles. The number of nitrogens with one attached hydrogen (secondary N) is 2. The van der Waals surface area contributed by atoms with Crippen molar-refractivity contribution in [3.05, 3.63) is 0 Å². The Kier molecular flexibility index (Phi) is 6.36. The van der Waals surface area contributed by atoms with Gasteiger partial charge in [0.25, 0.3) is 0 Å². The Hall–Kier alpha value is 0.310. The maximum absolute atomic E-state index is 10.2. The van der Waals surface area contributed by atoms with Gasteiger partial charge in [0, 0.05) is 25.9 Å². The summed E-state index contributed by atoms with van der Waals surface area (Å²) in [7, 11) is 1.77. The van der Waals surface area contributed by atoms with E-state index in [1.807, 2.05) is 11.8 Å². The van der Waals surface area contributed by atoms with Crippen LogP contribution in [0.2, 0.25) is 0 Å². The van der Waals surface area contributed by atoms with Crippen molar-refractivity contribution in [1.82, 2.24) is 10.6 Å². The van der Waals surface area contributed by atoms with Crippen LogP contribution in [0.15, 0.2) is 4.99 Å². The number of nitrogens with zero attached hydrogens (tertiary/aromatic N) is 1. The average molecular weight is 371 g/mol. The van der Waals surface area contributed by atoms with Crippen LogP contribution in [0, 0.1) is 5.92 Å². The minimum atomic E-state index is -0.540. The Morgan fingerprint density at radius 1 is 1.47 bits per heavy atom. The molecule has 1 unspecified atom stereocenters. The first-order valence-electron chi connectivity index (χ1n) is 5.96. The lowest BCUT2D eigenvalue weighted by atomic mass is 10.0. The monoisotopic (exact) mass is 371 g/mol. The summed E-state index contributed by atoms with van der Waals surface area (Å²) in [6.07, 6.45) is 3.55. The van der Waals surface area contributed by atoms with E-state index >= 15 is 0 Å². The third kappa shape index (κ3) is 5.21. The third-order valence-electron chi connectivity index (χ3n) is 3.15. The van der Waals surface area contributed by atoms with Gasteiger partial charge in [0.1, 0.15) is 0 Å². The molecule has 2 rings (SSSR count). The summed E-state index contributed by atoms with van der Waals surface area (Å²) < 4.78 is 0. The van der Waals surface area contributed by atoms with E-state index in [9.17, 15) is 5.11 Å². The maximum atomic E-state index is 10.2. The Morgan fingerprint density at radius 3 is 2.76 bits per heavy atom. The molecule has 100 valence electrons. The van der Waals surface area contributed by atoms with Gasteiger partial charge in [-0.05, 0) is 30.9 Å². The fraction of sp³-hybridized carbons (Fsp3) is 0.909. The van der Waals surface area contributed by atoms with Gasteiger partial charge in [-0.15, -0.1) is 24.0 Å². The molecule has 0 bridgehead atoms. The second kappa shape index (κ2) is 7.04. The standard InChI is InChI=1S/C11H21N3OS.HI/c1-12-10(13-6-9-2-3-9)14-7-11(15)4-5-16-8-11;/h9,15H,2-8H2,1H3,(H2,12,13,14);1H. The average Bonchev–Trinajstić information content (AvgIpc) is 3.01. The zero-order chi connectivity index (χ0) is 11.4. The van der Waals surface area contributed by atoms with Crippen LogP contribution in [0.1, 0.15) is 19.3 Å². The number of halogens is 1. The van der Waals surface area contributed by atoms with Crippen molar-refractivity contribution >= 4 is 41.7 Å². The molecule has 3 N–H and O–H groups in total. The van der Waals surface area contributed by atoms with Gasteiger partial charge in [0.2, 0.25) is 0 Å². The van der Waals surface area contributed by atoms with Crippen LogP contribution in [0.25, 0.3) is 0 Å². The summed E-state index contributed by atoms with van der Waals surface area (Å²) in [5.41, 5.74) is -0.540. The van der Waals surface area contributed by atoms with Crippen molar-refractivity contribution in [2.75, 3.05) is 31.6 Å². The predicted molar refractivity (Wildman–Crippen MR) is 84.4 cm³/mol. The second-order valence-corrected chi connectivity index (χ2v) is 5.88. The lowest BCUT2D eigenvalue weighted by molar-refractivity contribution is 0.0724. The lowest BCUT2D eigenvalue weighted by Crippen LogP contribution is -2.47. The van der Waals surface area contributed by atoms with E-state index in [0.717, 1.165) is 36.3 Å². The van der Waals surface area contributed by atoms with Gasteiger partial charge in [-0.25, -0.2) is 0 Å². The SMILES string of the molecule is CN=C(NCC1CC1)NCC1(O)CCSC1.I. The predicted octanol–water partition coefficient (Wildman–Crippen LogP) is 1.05. The molecule has 0 amide bonds. The van der Waals surface area contributed by atoms with Gasteiger partial charge in [-0.3, -0.25) is 4.99 Å². The molecule has 0 radical (unpaired) electrons. The van der Waals surface area contributed by atoms with Gasteiger partial charge >= 0.3 is 0 Å². The molecule has 1 saturated heterocycles. The van der Waals surface area contributed by atoms with Gasteiger partial charge < -0.3 is 15.7 Å². The fourth-order valence-electron chi connectivity index (χ4n) is 1.77. The van der Waals surface area contributed by atoms with Crippen molar-refractivity contribution < 1.29 is 5.11 Å². The first kappa shape index (κ1) is 15.4. The zero-order valence-electron chi connectivity index (χ0n) is 10.2. The van der Waals surface area contributed by atoms with E-state index in [2.05, 4.69) is 15.6 Å². The van der Waals surface area contributed by atoms with E-state index in [0.29, 0.717) is 6.54 Å². The van der Waals surface area contributed by atoms with Gasteiger partial charge in [0.15, 0.2) is 5.96 Å². The number of thioether (sulfide) groups is 1. The van der Waals surface area contributed by atoms with Crippen molar-refractivity contribution in [2.45, 2.75) is 24.9 Å². The van der Waals surface area contributed by atoms with E-state index < -0.39 is 5.60 Å². The molecule has 1 saturated carbocycles. The highest BCUT2D eigenvalue weighted by atomic mass is 127. The lowest BCUT2D eigenvalue weighted by Gasteiger charge is -2.23. The number of guanidine groups is 1. The number of hydrogen-bond acceptors (Lipinski definition) is 3. The number of hydrogen-bond donors (Lipinski definition) is 3. The van der Waals surface area contributed by atoms with Gasteiger partial charge in [-0.1, -0.05) is 0 Å². The Morgan fingerprint density at radius 2 is 2.24 bits per heavy atom. The summed E-state index contributed by atoms with van der Waals surface area (Å²) in [6.45, 7) is 1.61. The van der Waals surface area contributed by atoms with Gasteiger partial charge in [-0.2, -0.15) is 11.8 Å². The minimum absolute atomic E-state index is 0. The molecule has 6 heteroatoms. The van der Waals surface area contributed by atoms with Gasteiger partial charge in [0.05, 0.1) is 5.60 Å². The highest BCUT2D eigenvalue weighted by Gasteiger charge is 2.31. The number of aliphatic hydroxyl groups is 1. The molecule has 1 aliphatic heterocycles. The van der Waals surface area contributed by atoms with Crippen molar-refractivity contribution in [2.24, 2.45) is 10.9 Å².